The van der Waals surface area contributed by atoms with Gasteiger partial charge in [-0.2, -0.15) is 0 Å². The maximum Gasteiger partial charge on any atom is 0.338 e. The predicted molar refractivity (Wildman–Crippen MR) is 111 cm³/mol. The van der Waals surface area contributed by atoms with Crippen molar-refractivity contribution >= 4 is 18.2 Å². The first-order chi connectivity index (χ1) is 14.1. The normalized spacial score (nSPS) is 15.3. The van der Waals surface area contributed by atoms with E-state index in [1.807, 2.05) is 12.1 Å². The summed E-state index contributed by atoms with van der Waals surface area (Å²) in [5.74, 6) is -0.625. The highest BCUT2D eigenvalue weighted by molar-refractivity contribution is 5.96. The van der Waals surface area contributed by atoms with Gasteiger partial charge in [-0.3, -0.25) is 4.79 Å². The number of rotatable bonds is 8. The first-order valence-corrected chi connectivity index (χ1v) is 10.2. The van der Waals surface area contributed by atoms with Crippen molar-refractivity contribution < 1.29 is 19.1 Å². The van der Waals surface area contributed by atoms with E-state index in [2.05, 4.69) is 5.32 Å². The molecule has 1 fully saturated rings. The molecule has 0 aromatic heterocycles. The Hall–Kier alpha value is -2.95. The van der Waals surface area contributed by atoms with Crippen molar-refractivity contribution in [2.75, 3.05) is 6.54 Å². The van der Waals surface area contributed by atoms with Gasteiger partial charge in [0.15, 0.2) is 0 Å². The average Bonchev–Trinajstić information content (AvgIpc) is 2.77. The third-order valence-corrected chi connectivity index (χ3v) is 5.68. The van der Waals surface area contributed by atoms with Gasteiger partial charge in [0.05, 0.1) is 5.56 Å². The molecule has 0 radical (unpaired) electrons. The van der Waals surface area contributed by atoms with Gasteiger partial charge >= 0.3 is 5.97 Å². The van der Waals surface area contributed by atoms with Crippen molar-refractivity contribution in [1.29, 1.82) is 0 Å². The number of aldehydes is 1. The molecule has 152 valence electrons. The van der Waals surface area contributed by atoms with Crippen molar-refractivity contribution in [3.05, 3.63) is 71.3 Å². The predicted octanol–water partition coefficient (Wildman–Crippen LogP) is 4.31. The lowest BCUT2D eigenvalue weighted by molar-refractivity contribution is -0.110. The minimum Gasteiger partial charge on any atom is -0.457 e. The molecule has 5 heteroatoms. The molecule has 1 aliphatic rings. The molecule has 0 spiro atoms. The van der Waals surface area contributed by atoms with Crippen LogP contribution in [0.3, 0.4) is 0 Å². The monoisotopic (exact) mass is 393 g/mol. The number of nitrogens with one attached hydrogen (secondary N) is 1. The van der Waals surface area contributed by atoms with E-state index in [9.17, 15) is 14.4 Å². The van der Waals surface area contributed by atoms with Gasteiger partial charge in [-0.25, -0.2) is 4.79 Å². The van der Waals surface area contributed by atoms with Crippen LogP contribution in [0.2, 0.25) is 0 Å². The number of ether oxygens (including phenoxy) is 1. The van der Waals surface area contributed by atoms with Gasteiger partial charge in [0.2, 0.25) is 0 Å². The summed E-state index contributed by atoms with van der Waals surface area (Å²) >= 11 is 0. The van der Waals surface area contributed by atoms with E-state index >= 15 is 0 Å². The standard InChI is InChI=1S/C24H27NO4/c26-16-15-24(13-7-2-8-14-24)18-25-22(27)21-12-6-5-11-20(21)17-29-23(28)19-9-3-1-4-10-19/h1,3-6,9-12,16H,2,7-8,13-15,17-18H2,(H,25,27). The van der Waals surface area contributed by atoms with Gasteiger partial charge in [0.1, 0.15) is 12.9 Å². The first-order valence-electron chi connectivity index (χ1n) is 10.2. The highest BCUT2D eigenvalue weighted by atomic mass is 16.5. The molecule has 2 aromatic carbocycles. The van der Waals surface area contributed by atoms with Crippen LogP contribution in [0.1, 0.15) is 64.8 Å². The topological polar surface area (TPSA) is 72.5 Å². The quantitative estimate of drug-likeness (QED) is 0.536. The maximum atomic E-state index is 12.8. The van der Waals surface area contributed by atoms with Crippen LogP contribution in [0.25, 0.3) is 0 Å². The largest absolute Gasteiger partial charge is 0.457 e. The zero-order chi connectivity index (χ0) is 20.5. The molecule has 0 heterocycles. The molecule has 0 saturated heterocycles. The van der Waals surface area contributed by atoms with Gasteiger partial charge in [0, 0.05) is 24.1 Å². The summed E-state index contributed by atoms with van der Waals surface area (Å²) in [6.07, 6.45) is 6.73. The molecule has 29 heavy (non-hydrogen) atoms. The van der Waals surface area contributed by atoms with E-state index in [0.717, 1.165) is 32.0 Å². The molecule has 0 bridgehead atoms. The maximum absolute atomic E-state index is 12.8. The molecular formula is C24H27NO4. The van der Waals surface area contributed by atoms with Crippen LogP contribution >= 0.6 is 0 Å². The summed E-state index contributed by atoms with van der Waals surface area (Å²) in [7, 11) is 0. The molecule has 0 atom stereocenters. The molecule has 0 unspecified atom stereocenters. The van der Waals surface area contributed by atoms with Crippen LogP contribution in [-0.2, 0) is 16.1 Å². The number of hydrogen-bond donors (Lipinski definition) is 1. The summed E-state index contributed by atoms with van der Waals surface area (Å²) in [4.78, 5) is 36.2. The van der Waals surface area contributed by atoms with E-state index in [0.29, 0.717) is 29.7 Å². The van der Waals surface area contributed by atoms with E-state index < -0.39 is 5.97 Å². The molecule has 3 rings (SSSR count). The molecule has 0 aliphatic heterocycles. The zero-order valence-corrected chi connectivity index (χ0v) is 16.6. The third kappa shape index (κ3) is 5.53. The molecule has 5 nitrogen and oxygen atoms in total. The van der Waals surface area contributed by atoms with Crippen molar-refractivity contribution in [3.63, 3.8) is 0 Å². The van der Waals surface area contributed by atoms with Crippen LogP contribution in [0.15, 0.2) is 54.6 Å². The Morgan fingerprint density at radius 1 is 0.966 bits per heavy atom. The Labute approximate surface area is 171 Å². The number of carbonyl (C=O) groups excluding carboxylic acids is 3. The van der Waals surface area contributed by atoms with Crippen LogP contribution in [0.4, 0.5) is 0 Å². The minimum atomic E-state index is -0.423. The summed E-state index contributed by atoms with van der Waals surface area (Å²) < 4.78 is 5.39. The highest BCUT2D eigenvalue weighted by Gasteiger charge is 2.32. The molecule has 2 aromatic rings. The van der Waals surface area contributed by atoms with Gasteiger partial charge in [-0.15, -0.1) is 0 Å². The second kappa shape index (κ2) is 10.0. The van der Waals surface area contributed by atoms with Crippen LogP contribution < -0.4 is 5.32 Å². The Morgan fingerprint density at radius 3 is 2.38 bits per heavy atom. The third-order valence-electron chi connectivity index (χ3n) is 5.68. The number of amides is 1. The van der Waals surface area contributed by atoms with Crippen molar-refractivity contribution in [2.45, 2.75) is 45.1 Å². The summed E-state index contributed by atoms with van der Waals surface area (Å²) in [6.45, 7) is 0.513. The Balaban J connectivity index is 1.63. The fourth-order valence-corrected chi connectivity index (χ4v) is 3.96. The zero-order valence-electron chi connectivity index (χ0n) is 16.6. The van der Waals surface area contributed by atoms with Gasteiger partial charge in [0.25, 0.3) is 5.91 Å². The molecule has 1 amide bonds. The van der Waals surface area contributed by atoms with E-state index in [1.165, 1.54) is 6.42 Å². The summed E-state index contributed by atoms with van der Waals surface area (Å²) in [5.41, 5.74) is 1.49. The minimum absolute atomic E-state index is 0.0246. The second-order valence-electron chi connectivity index (χ2n) is 7.71. The van der Waals surface area contributed by atoms with Crippen molar-refractivity contribution in [1.82, 2.24) is 5.32 Å². The highest BCUT2D eigenvalue weighted by Crippen LogP contribution is 2.38. The lowest BCUT2D eigenvalue weighted by atomic mass is 9.72. The van der Waals surface area contributed by atoms with Crippen LogP contribution in [0.5, 0.6) is 0 Å². The van der Waals surface area contributed by atoms with Crippen molar-refractivity contribution in [2.24, 2.45) is 5.41 Å². The summed E-state index contributed by atoms with van der Waals surface area (Å²) in [6, 6.07) is 15.9. The lowest BCUT2D eigenvalue weighted by Crippen LogP contribution is -2.39. The Bertz CT molecular complexity index is 841. The van der Waals surface area contributed by atoms with Gasteiger partial charge in [-0.1, -0.05) is 55.7 Å². The number of carbonyl (C=O) groups is 3. The Morgan fingerprint density at radius 2 is 1.66 bits per heavy atom. The fraction of sp³-hybridized carbons (Fsp3) is 0.375. The fourth-order valence-electron chi connectivity index (χ4n) is 3.96. The van der Waals surface area contributed by atoms with Crippen LogP contribution in [-0.4, -0.2) is 24.7 Å². The van der Waals surface area contributed by atoms with Gasteiger partial charge in [-0.05, 0) is 36.5 Å². The lowest BCUT2D eigenvalue weighted by Gasteiger charge is -2.36. The number of benzene rings is 2. The second-order valence-corrected chi connectivity index (χ2v) is 7.71. The van der Waals surface area contributed by atoms with Crippen molar-refractivity contribution in [3.8, 4) is 0 Å². The van der Waals surface area contributed by atoms with Crippen LogP contribution in [0, 0.1) is 5.41 Å². The molecule has 1 N–H and O–H groups in total. The summed E-state index contributed by atoms with van der Waals surface area (Å²) in [5, 5.41) is 3.02. The molecular weight excluding hydrogens is 366 g/mol. The number of esters is 1. The van der Waals surface area contributed by atoms with E-state index in [4.69, 9.17) is 4.74 Å². The molecule has 1 saturated carbocycles. The SMILES string of the molecule is O=CCC1(CNC(=O)c2ccccc2COC(=O)c2ccccc2)CCCCC1. The average molecular weight is 393 g/mol. The van der Waals surface area contributed by atoms with E-state index in [-0.39, 0.29) is 17.9 Å². The Kier molecular flexibility index (Phi) is 7.17. The smallest absolute Gasteiger partial charge is 0.338 e. The number of hydrogen-bond acceptors (Lipinski definition) is 4. The first kappa shape index (κ1) is 20.8. The van der Waals surface area contributed by atoms with E-state index in [1.54, 1.807) is 42.5 Å². The molecule has 1 aliphatic carbocycles. The van der Waals surface area contributed by atoms with Gasteiger partial charge < -0.3 is 14.8 Å².